The zero-order valence-electron chi connectivity index (χ0n) is 14.8. The van der Waals surface area contributed by atoms with E-state index in [0.29, 0.717) is 12.6 Å². The maximum atomic E-state index is 12.9. The average Bonchev–Trinajstić information content (AvgIpc) is 3.37. The summed E-state index contributed by atoms with van der Waals surface area (Å²) < 4.78 is 1.80. The van der Waals surface area contributed by atoms with Crippen molar-refractivity contribution >= 4 is 6.03 Å². The molecule has 4 rings (SSSR count). The summed E-state index contributed by atoms with van der Waals surface area (Å²) in [6.45, 7) is 0.655. The zero-order chi connectivity index (χ0) is 17.2. The largest absolute Gasteiger partial charge is 0.338 e. The van der Waals surface area contributed by atoms with E-state index in [2.05, 4.69) is 39.6 Å². The summed E-state index contributed by atoms with van der Waals surface area (Å²) in [4.78, 5) is 15.0. The van der Waals surface area contributed by atoms with Gasteiger partial charge in [-0.25, -0.2) is 4.79 Å². The number of fused-ring (bicyclic) bond motifs is 1. The van der Waals surface area contributed by atoms with Crippen molar-refractivity contribution in [1.29, 1.82) is 0 Å². The minimum absolute atomic E-state index is 0.0908. The van der Waals surface area contributed by atoms with E-state index in [1.54, 1.807) is 4.68 Å². The molecule has 1 saturated carbocycles. The lowest BCUT2D eigenvalue weighted by atomic mass is 9.87. The van der Waals surface area contributed by atoms with Crippen LogP contribution in [0.4, 0.5) is 4.79 Å². The van der Waals surface area contributed by atoms with Crippen LogP contribution in [-0.2, 0) is 19.9 Å². The van der Waals surface area contributed by atoms with E-state index in [9.17, 15) is 4.79 Å². The molecule has 1 N–H and O–H groups in total. The molecule has 2 aliphatic rings. The molecule has 1 fully saturated rings. The molecular formula is C20H26N4O. The minimum Gasteiger partial charge on any atom is -0.338 e. The second-order valence-corrected chi connectivity index (χ2v) is 7.25. The summed E-state index contributed by atoms with van der Waals surface area (Å²) in [6, 6.07) is 9.36. The minimum atomic E-state index is 0.0908. The molecule has 1 aromatic heterocycles. The summed E-state index contributed by atoms with van der Waals surface area (Å²) in [7, 11) is 1.91. The number of hydrogen-bond acceptors (Lipinski definition) is 2. The summed E-state index contributed by atoms with van der Waals surface area (Å²) in [5.74, 6) is 0. The van der Waals surface area contributed by atoms with Crippen molar-refractivity contribution in [2.75, 3.05) is 6.54 Å². The molecule has 0 bridgehead atoms. The van der Waals surface area contributed by atoms with Crippen LogP contribution < -0.4 is 5.32 Å². The van der Waals surface area contributed by atoms with Gasteiger partial charge in [0.05, 0.1) is 12.2 Å². The second kappa shape index (κ2) is 6.90. The summed E-state index contributed by atoms with van der Waals surface area (Å²) >= 11 is 0. The van der Waals surface area contributed by atoms with Crippen LogP contribution in [-0.4, -0.2) is 33.3 Å². The lowest BCUT2D eigenvalue weighted by Gasteiger charge is -2.36. The molecule has 0 unspecified atom stereocenters. The number of rotatable bonds is 5. The second-order valence-electron chi connectivity index (χ2n) is 7.25. The molecule has 0 spiro atoms. The Labute approximate surface area is 149 Å². The van der Waals surface area contributed by atoms with Gasteiger partial charge < -0.3 is 10.2 Å². The molecule has 1 atom stereocenters. The third-order valence-corrected chi connectivity index (χ3v) is 5.30. The normalized spacial score (nSPS) is 19.3. The van der Waals surface area contributed by atoms with Crippen molar-refractivity contribution in [1.82, 2.24) is 20.0 Å². The smallest absolute Gasteiger partial charge is 0.318 e. The number of aryl methyl sites for hydroxylation is 2. The Hall–Kier alpha value is -2.30. The Morgan fingerprint density at radius 1 is 1.32 bits per heavy atom. The van der Waals surface area contributed by atoms with Gasteiger partial charge in [0.2, 0.25) is 0 Å². The van der Waals surface area contributed by atoms with E-state index in [-0.39, 0.29) is 12.1 Å². The Morgan fingerprint density at radius 3 is 2.92 bits per heavy atom. The van der Waals surface area contributed by atoms with Gasteiger partial charge in [0.25, 0.3) is 0 Å². The Balaban J connectivity index is 1.44. The van der Waals surface area contributed by atoms with Gasteiger partial charge in [-0.05, 0) is 55.2 Å². The van der Waals surface area contributed by atoms with Gasteiger partial charge in [0.15, 0.2) is 0 Å². The lowest BCUT2D eigenvalue weighted by molar-refractivity contribution is 0.162. The van der Waals surface area contributed by atoms with E-state index in [0.717, 1.165) is 44.1 Å². The first-order chi connectivity index (χ1) is 12.2. The highest BCUT2D eigenvalue weighted by molar-refractivity contribution is 5.75. The van der Waals surface area contributed by atoms with Crippen molar-refractivity contribution in [3.05, 3.63) is 53.3 Å². The maximum Gasteiger partial charge on any atom is 0.318 e. The first-order valence-corrected chi connectivity index (χ1v) is 9.34. The average molecular weight is 338 g/mol. The molecule has 25 heavy (non-hydrogen) atoms. The number of nitrogens with one attached hydrogen (secondary N) is 1. The van der Waals surface area contributed by atoms with Crippen LogP contribution in [0.15, 0.2) is 36.7 Å². The van der Waals surface area contributed by atoms with Crippen LogP contribution >= 0.6 is 0 Å². The van der Waals surface area contributed by atoms with Crippen LogP contribution in [0, 0.1) is 0 Å². The molecule has 132 valence electrons. The molecule has 2 amide bonds. The number of amides is 2. The van der Waals surface area contributed by atoms with Gasteiger partial charge in [-0.2, -0.15) is 5.10 Å². The molecule has 5 nitrogen and oxygen atoms in total. The third-order valence-electron chi connectivity index (χ3n) is 5.30. The van der Waals surface area contributed by atoms with Crippen LogP contribution in [0.1, 0.15) is 48.4 Å². The monoisotopic (exact) mass is 338 g/mol. The number of urea groups is 1. The predicted molar refractivity (Wildman–Crippen MR) is 97.3 cm³/mol. The SMILES string of the molecule is Cn1cc(CCNC(=O)N(C2CC2)[C@H]2CCCc3ccccc32)cn1. The molecule has 5 heteroatoms. The van der Waals surface area contributed by atoms with E-state index in [4.69, 9.17) is 0 Å². The molecule has 0 aliphatic heterocycles. The fraction of sp³-hybridized carbons (Fsp3) is 0.500. The number of carbonyl (C=O) groups excluding carboxylic acids is 1. The van der Waals surface area contributed by atoms with E-state index < -0.39 is 0 Å². The van der Waals surface area contributed by atoms with Crippen molar-refractivity contribution < 1.29 is 4.79 Å². The molecule has 0 saturated heterocycles. The highest BCUT2D eigenvalue weighted by Gasteiger charge is 2.39. The predicted octanol–water partition coefficient (Wildman–Crippen LogP) is 3.21. The fourth-order valence-corrected chi connectivity index (χ4v) is 3.94. The number of aromatic nitrogens is 2. The van der Waals surface area contributed by atoms with Crippen LogP contribution in [0.25, 0.3) is 0 Å². The van der Waals surface area contributed by atoms with Gasteiger partial charge in [0, 0.05) is 25.8 Å². The van der Waals surface area contributed by atoms with Gasteiger partial charge >= 0.3 is 6.03 Å². The highest BCUT2D eigenvalue weighted by atomic mass is 16.2. The molecule has 0 radical (unpaired) electrons. The Morgan fingerprint density at radius 2 is 2.16 bits per heavy atom. The summed E-state index contributed by atoms with van der Waals surface area (Å²) in [6.07, 6.45) is 10.3. The van der Waals surface area contributed by atoms with Crippen molar-refractivity contribution in [2.45, 2.75) is 50.6 Å². The molecule has 1 heterocycles. The first kappa shape index (κ1) is 16.2. The number of carbonyl (C=O) groups is 1. The van der Waals surface area contributed by atoms with Gasteiger partial charge in [-0.3, -0.25) is 4.68 Å². The van der Waals surface area contributed by atoms with Crippen molar-refractivity contribution in [3.63, 3.8) is 0 Å². The van der Waals surface area contributed by atoms with Crippen LogP contribution in [0.3, 0.4) is 0 Å². The van der Waals surface area contributed by atoms with E-state index >= 15 is 0 Å². The number of benzene rings is 1. The Bertz CT molecular complexity index is 750. The standard InChI is InChI=1S/C20H26N4O/c1-23-14-15(13-22-23)11-12-21-20(25)24(17-9-10-17)19-8-4-6-16-5-2-3-7-18(16)19/h2-3,5,7,13-14,17,19H,4,6,8-12H2,1H3,(H,21,25)/t19-/m0/s1. The topological polar surface area (TPSA) is 50.2 Å². The van der Waals surface area contributed by atoms with Crippen LogP contribution in [0.5, 0.6) is 0 Å². The third kappa shape index (κ3) is 3.55. The van der Waals surface area contributed by atoms with Crippen LogP contribution in [0.2, 0.25) is 0 Å². The highest BCUT2D eigenvalue weighted by Crippen LogP contribution is 2.40. The molecular weight excluding hydrogens is 312 g/mol. The van der Waals surface area contributed by atoms with Crippen molar-refractivity contribution in [3.8, 4) is 0 Å². The zero-order valence-corrected chi connectivity index (χ0v) is 14.8. The van der Waals surface area contributed by atoms with Gasteiger partial charge in [0.1, 0.15) is 0 Å². The van der Waals surface area contributed by atoms with Gasteiger partial charge in [-0.1, -0.05) is 24.3 Å². The summed E-state index contributed by atoms with van der Waals surface area (Å²) in [5.41, 5.74) is 3.92. The van der Waals surface area contributed by atoms with E-state index in [1.807, 2.05) is 19.4 Å². The fourth-order valence-electron chi connectivity index (χ4n) is 3.94. The van der Waals surface area contributed by atoms with Gasteiger partial charge in [-0.15, -0.1) is 0 Å². The summed E-state index contributed by atoms with van der Waals surface area (Å²) in [5, 5.41) is 7.32. The maximum absolute atomic E-state index is 12.9. The number of hydrogen-bond donors (Lipinski definition) is 1. The Kier molecular flexibility index (Phi) is 4.47. The van der Waals surface area contributed by atoms with Crippen molar-refractivity contribution in [2.24, 2.45) is 7.05 Å². The molecule has 2 aliphatic carbocycles. The quantitative estimate of drug-likeness (QED) is 0.910. The molecule has 2 aromatic rings. The number of nitrogens with zero attached hydrogens (tertiary/aromatic N) is 3. The first-order valence-electron chi connectivity index (χ1n) is 9.34. The van der Waals surface area contributed by atoms with E-state index in [1.165, 1.54) is 11.1 Å². The lowest BCUT2D eigenvalue weighted by Crippen LogP contribution is -2.45. The molecule has 1 aromatic carbocycles.